The summed E-state index contributed by atoms with van der Waals surface area (Å²) in [6.45, 7) is 6.93. The Kier molecular flexibility index (Phi) is 4.56. The van der Waals surface area contributed by atoms with Crippen LogP contribution in [0.25, 0.3) is 38.9 Å². The molecular formula is C34H29NO. The molecule has 2 aliphatic carbocycles. The van der Waals surface area contributed by atoms with Crippen molar-refractivity contribution in [2.24, 2.45) is 5.92 Å². The van der Waals surface area contributed by atoms with Crippen LogP contribution >= 0.6 is 0 Å². The summed E-state index contributed by atoms with van der Waals surface area (Å²) in [5, 5.41) is 4.92. The largest absolute Gasteiger partial charge is 0.454 e. The molecule has 7 rings (SSSR count). The fraction of sp³-hybridized carbons (Fsp3) is 0.176. The zero-order valence-corrected chi connectivity index (χ0v) is 20.9. The van der Waals surface area contributed by atoms with Crippen LogP contribution in [-0.2, 0) is 11.8 Å². The van der Waals surface area contributed by atoms with E-state index < -0.39 is 0 Å². The molecule has 2 aliphatic rings. The highest BCUT2D eigenvalue weighted by atomic mass is 16.3. The van der Waals surface area contributed by atoms with Gasteiger partial charge in [-0.3, -0.25) is 0 Å². The van der Waals surface area contributed by atoms with Crippen LogP contribution in [0.2, 0.25) is 0 Å². The molecule has 0 saturated heterocycles. The van der Waals surface area contributed by atoms with E-state index in [9.17, 15) is 0 Å². The van der Waals surface area contributed by atoms with Crippen molar-refractivity contribution < 1.29 is 4.42 Å². The molecule has 1 heterocycles. The Bertz CT molecular complexity index is 1650. The van der Waals surface area contributed by atoms with Gasteiger partial charge in [0.1, 0.15) is 5.58 Å². The van der Waals surface area contributed by atoms with Gasteiger partial charge in [0.15, 0.2) is 5.76 Å². The van der Waals surface area contributed by atoms with Gasteiger partial charge in [-0.15, -0.1) is 0 Å². The fourth-order valence-electron chi connectivity index (χ4n) is 6.18. The third-order valence-electron chi connectivity index (χ3n) is 8.00. The summed E-state index contributed by atoms with van der Waals surface area (Å²) in [7, 11) is 0. The van der Waals surface area contributed by atoms with Crippen molar-refractivity contribution >= 4 is 22.4 Å². The number of hydrogen-bond acceptors (Lipinski definition) is 2. The van der Waals surface area contributed by atoms with E-state index in [0.29, 0.717) is 5.92 Å². The van der Waals surface area contributed by atoms with Crippen LogP contribution < -0.4 is 5.32 Å². The molecule has 176 valence electrons. The molecule has 4 aromatic carbocycles. The summed E-state index contributed by atoms with van der Waals surface area (Å²) in [4.78, 5) is 0. The van der Waals surface area contributed by atoms with E-state index in [1.54, 1.807) is 0 Å². The topological polar surface area (TPSA) is 25.2 Å². The van der Waals surface area contributed by atoms with E-state index >= 15 is 0 Å². The van der Waals surface area contributed by atoms with Crippen LogP contribution in [0.15, 0.2) is 101 Å². The smallest absolute Gasteiger partial charge is 0.154 e. The van der Waals surface area contributed by atoms with Gasteiger partial charge in [0.2, 0.25) is 0 Å². The first kappa shape index (κ1) is 21.3. The van der Waals surface area contributed by atoms with Crippen molar-refractivity contribution in [3.63, 3.8) is 0 Å². The Hall–Kier alpha value is -4.04. The van der Waals surface area contributed by atoms with Gasteiger partial charge < -0.3 is 9.73 Å². The maximum absolute atomic E-state index is 6.78. The standard InChI is InChI=1S/C34H29NO/c1-21-19-27-25-17-18-29-31(26-11-7-8-12-28(26)34(29,2)3)33(25)36-32(27)30(20-21)35-24-15-13-23(14-16-24)22-9-5-4-6-10-22/h4-18,20-21,35H,19H2,1-3H3. The van der Waals surface area contributed by atoms with Crippen molar-refractivity contribution in [1.29, 1.82) is 0 Å². The van der Waals surface area contributed by atoms with Crippen molar-refractivity contribution in [1.82, 2.24) is 0 Å². The molecule has 1 N–H and O–H groups in total. The molecule has 1 atom stereocenters. The lowest BCUT2D eigenvalue weighted by atomic mass is 9.82. The highest BCUT2D eigenvalue weighted by molar-refractivity contribution is 6.02. The number of benzene rings is 4. The Morgan fingerprint density at radius 3 is 2.31 bits per heavy atom. The molecule has 5 aromatic rings. The second-order valence-electron chi connectivity index (χ2n) is 10.8. The predicted molar refractivity (Wildman–Crippen MR) is 150 cm³/mol. The van der Waals surface area contributed by atoms with Crippen LogP contribution in [-0.4, -0.2) is 0 Å². The zero-order valence-electron chi connectivity index (χ0n) is 20.9. The van der Waals surface area contributed by atoms with Crippen molar-refractivity contribution in [2.45, 2.75) is 32.6 Å². The summed E-state index contributed by atoms with van der Waals surface area (Å²) in [6, 6.07) is 32.6. The summed E-state index contributed by atoms with van der Waals surface area (Å²) in [6.07, 6.45) is 3.30. The third-order valence-corrected chi connectivity index (χ3v) is 8.00. The fourth-order valence-corrected chi connectivity index (χ4v) is 6.18. The normalized spacial score (nSPS) is 17.3. The molecule has 0 aliphatic heterocycles. The molecule has 0 spiro atoms. The molecule has 0 amide bonds. The minimum atomic E-state index is -0.0296. The van der Waals surface area contributed by atoms with Gasteiger partial charge in [0.05, 0.1) is 5.70 Å². The Labute approximate surface area is 212 Å². The molecule has 2 heteroatoms. The summed E-state index contributed by atoms with van der Waals surface area (Å²) >= 11 is 0. The predicted octanol–water partition coefficient (Wildman–Crippen LogP) is 9.05. The number of hydrogen-bond donors (Lipinski definition) is 1. The van der Waals surface area contributed by atoms with E-state index in [1.165, 1.54) is 44.3 Å². The van der Waals surface area contributed by atoms with Crippen molar-refractivity contribution in [3.8, 4) is 22.3 Å². The van der Waals surface area contributed by atoms with E-state index in [4.69, 9.17) is 4.42 Å². The van der Waals surface area contributed by atoms with Crippen molar-refractivity contribution in [3.05, 3.63) is 120 Å². The molecule has 1 aromatic heterocycles. The second kappa shape index (κ2) is 7.73. The van der Waals surface area contributed by atoms with E-state index in [0.717, 1.165) is 29.1 Å². The van der Waals surface area contributed by atoms with E-state index in [-0.39, 0.29) is 5.41 Å². The van der Waals surface area contributed by atoms with Crippen LogP contribution in [0.1, 0.15) is 43.2 Å². The lowest BCUT2D eigenvalue weighted by molar-refractivity contribution is 0.578. The Balaban J connectivity index is 1.31. The number of rotatable bonds is 3. The van der Waals surface area contributed by atoms with Gasteiger partial charge in [0, 0.05) is 27.6 Å². The minimum Gasteiger partial charge on any atom is -0.454 e. The van der Waals surface area contributed by atoms with Gasteiger partial charge in [-0.25, -0.2) is 0 Å². The third kappa shape index (κ3) is 3.10. The molecule has 0 saturated carbocycles. The second-order valence-corrected chi connectivity index (χ2v) is 10.8. The minimum absolute atomic E-state index is 0.0296. The zero-order chi connectivity index (χ0) is 24.4. The number of allylic oxidation sites excluding steroid dienone is 1. The summed E-state index contributed by atoms with van der Waals surface area (Å²) in [5.74, 6) is 1.41. The molecular weight excluding hydrogens is 438 g/mol. The number of furan rings is 1. The molecule has 2 nitrogen and oxygen atoms in total. The van der Waals surface area contributed by atoms with Crippen LogP contribution in [0.3, 0.4) is 0 Å². The first-order chi connectivity index (χ1) is 17.5. The lowest BCUT2D eigenvalue weighted by Gasteiger charge is -2.21. The molecule has 36 heavy (non-hydrogen) atoms. The number of fused-ring (bicyclic) bond motifs is 7. The molecule has 0 radical (unpaired) electrons. The monoisotopic (exact) mass is 467 g/mol. The highest BCUT2D eigenvalue weighted by Crippen LogP contribution is 2.53. The van der Waals surface area contributed by atoms with Crippen LogP contribution in [0.4, 0.5) is 5.69 Å². The number of anilines is 1. The highest BCUT2D eigenvalue weighted by Gasteiger charge is 2.38. The number of nitrogens with one attached hydrogen (secondary N) is 1. The average Bonchev–Trinajstić information content (AvgIpc) is 3.38. The van der Waals surface area contributed by atoms with Gasteiger partial charge in [-0.1, -0.05) is 106 Å². The maximum Gasteiger partial charge on any atom is 0.154 e. The van der Waals surface area contributed by atoms with Gasteiger partial charge in [-0.2, -0.15) is 0 Å². The quantitative estimate of drug-likeness (QED) is 0.286. The first-order valence-electron chi connectivity index (χ1n) is 12.8. The maximum atomic E-state index is 6.78. The molecule has 1 unspecified atom stereocenters. The van der Waals surface area contributed by atoms with Crippen LogP contribution in [0.5, 0.6) is 0 Å². The Morgan fingerprint density at radius 1 is 0.778 bits per heavy atom. The summed E-state index contributed by atoms with van der Waals surface area (Å²) < 4.78 is 6.78. The van der Waals surface area contributed by atoms with Crippen LogP contribution in [0, 0.1) is 5.92 Å². The molecule has 0 fully saturated rings. The molecule has 0 bridgehead atoms. The van der Waals surface area contributed by atoms with E-state index in [1.807, 2.05) is 0 Å². The lowest BCUT2D eigenvalue weighted by Crippen LogP contribution is -2.14. The Morgan fingerprint density at radius 2 is 1.50 bits per heavy atom. The first-order valence-corrected chi connectivity index (χ1v) is 12.8. The van der Waals surface area contributed by atoms with Gasteiger partial charge in [-0.05, 0) is 52.3 Å². The van der Waals surface area contributed by atoms with Gasteiger partial charge in [0.25, 0.3) is 0 Å². The van der Waals surface area contributed by atoms with E-state index in [2.05, 4.69) is 123 Å². The van der Waals surface area contributed by atoms with Gasteiger partial charge >= 0.3 is 0 Å². The average molecular weight is 468 g/mol. The SMILES string of the molecule is CC1C=C(Nc2ccc(-c3ccccc3)cc2)c2oc3c4c(ccc3c2C1)C(C)(C)c1ccccc1-4. The van der Waals surface area contributed by atoms with Crippen molar-refractivity contribution in [2.75, 3.05) is 5.32 Å². The summed E-state index contributed by atoms with van der Waals surface area (Å²) in [5.41, 5.74) is 12.2.